The van der Waals surface area contributed by atoms with Gasteiger partial charge in [-0.1, -0.05) is 42.5 Å². The van der Waals surface area contributed by atoms with Crippen molar-refractivity contribution in [3.63, 3.8) is 0 Å². The third-order valence-electron chi connectivity index (χ3n) is 5.39. The van der Waals surface area contributed by atoms with E-state index in [-0.39, 0.29) is 11.8 Å². The number of carbonyl (C=O) groups is 2. The Morgan fingerprint density at radius 2 is 1.81 bits per heavy atom. The molecule has 4 rings (SSSR count). The second-order valence-corrected chi connectivity index (χ2v) is 8.39. The number of carbonyl (C=O) groups excluding carboxylic acids is 2. The van der Waals surface area contributed by atoms with E-state index in [1.165, 1.54) is 11.8 Å². The van der Waals surface area contributed by atoms with E-state index in [0.29, 0.717) is 24.4 Å². The van der Waals surface area contributed by atoms with Crippen molar-refractivity contribution in [1.29, 1.82) is 0 Å². The van der Waals surface area contributed by atoms with Crippen molar-refractivity contribution in [2.75, 3.05) is 17.8 Å². The van der Waals surface area contributed by atoms with Crippen LogP contribution in [0.1, 0.15) is 27.0 Å². The molecule has 0 spiro atoms. The van der Waals surface area contributed by atoms with Crippen LogP contribution in [0.25, 0.3) is 0 Å². The molecule has 1 aliphatic heterocycles. The van der Waals surface area contributed by atoms with E-state index in [2.05, 4.69) is 5.32 Å². The normalized spacial score (nSPS) is 13.0. The lowest BCUT2D eigenvalue weighted by Gasteiger charge is -2.30. The van der Waals surface area contributed by atoms with Gasteiger partial charge in [0.1, 0.15) is 5.75 Å². The zero-order valence-corrected chi connectivity index (χ0v) is 18.4. The van der Waals surface area contributed by atoms with Gasteiger partial charge in [-0.3, -0.25) is 9.59 Å². The first-order valence-corrected chi connectivity index (χ1v) is 11.1. The van der Waals surface area contributed by atoms with E-state index in [9.17, 15) is 9.59 Å². The molecule has 3 aromatic rings. The van der Waals surface area contributed by atoms with E-state index in [1.807, 2.05) is 73.7 Å². The first-order chi connectivity index (χ1) is 15.1. The number of aryl methyl sites for hydroxylation is 1. The van der Waals surface area contributed by atoms with Gasteiger partial charge in [-0.25, -0.2) is 0 Å². The van der Waals surface area contributed by atoms with Crippen molar-refractivity contribution in [3.8, 4) is 5.75 Å². The van der Waals surface area contributed by atoms with E-state index in [0.717, 1.165) is 33.0 Å². The predicted molar refractivity (Wildman–Crippen MR) is 124 cm³/mol. The zero-order chi connectivity index (χ0) is 21.8. The lowest BCUT2D eigenvalue weighted by molar-refractivity contribution is -0.116. The number of methoxy groups -OCH3 is 1. The predicted octanol–water partition coefficient (Wildman–Crippen LogP) is 4.57. The van der Waals surface area contributed by atoms with Crippen molar-refractivity contribution in [2.45, 2.75) is 24.9 Å². The first kappa shape index (κ1) is 21.0. The second-order valence-electron chi connectivity index (χ2n) is 7.37. The maximum absolute atomic E-state index is 12.8. The summed E-state index contributed by atoms with van der Waals surface area (Å²) in [5.74, 6) is 0.998. The lowest BCUT2D eigenvalue weighted by Crippen LogP contribution is -2.35. The molecule has 31 heavy (non-hydrogen) atoms. The van der Waals surface area contributed by atoms with E-state index in [4.69, 9.17) is 4.74 Å². The minimum atomic E-state index is -0.187. The smallest absolute Gasteiger partial charge is 0.251 e. The fourth-order valence-electron chi connectivity index (χ4n) is 3.60. The number of thioether (sulfide) groups is 1. The largest absolute Gasteiger partial charge is 0.496 e. The standard InChI is InChI=1S/C25H24N2O3S/c1-17-7-3-4-9-20(17)15-27-21-13-18(11-12-23(21)31-16-24(27)28)25(29)26-14-19-8-5-6-10-22(19)30-2/h3-13H,14-16H2,1-2H3,(H,26,29). The average molecular weight is 433 g/mol. The maximum Gasteiger partial charge on any atom is 0.251 e. The molecule has 0 saturated heterocycles. The highest BCUT2D eigenvalue weighted by molar-refractivity contribution is 8.00. The van der Waals surface area contributed by atoms with Crippen LogP contribution in [-0.4, -0.2) is 24.7 Å². The Balaban J connectivity index is 1.56. The molecule has 158 valence electrons. The molecule has 0 saturated carbocycles. The van der Waals surface area contributed by atoms with Crippen LogP contribution in [0.4, 0.5) is 5.69 Å². The quantitative estimate of drug-likeness (QED) is 0.620. The lowest BCUT2D eigenvalue weighted by atomic mass is 10.1. The van der Waals surface area contributed by atoms with Gasteiger partial charge in [0.05, 0.1) is 25.1 Å². The third kappa shape index (κ3) is 4.59. The number of hydrogen-bond donors (Lipinski definition) is 1. The highest BCUT2D eigenvalue weighted by Crippen LogP contribution is 2.37. The molecule has 1 heterocycles. The second kappa shape index (κ2) is 9.27. The SMILES string of the molecule is COc1ccccc1CNC(=O)c1ccc2c(c1)N(Cc1ccccc1C)C(=O)CS2. The minimum Gasteiger partial charge on any atom is -0.496 e. The molecule has 6 heteroatoms. The summed E-state index contributed by atoms with van der Waals surface area (Å²) in [7, 11) is 1.61. The highest BCUT2D eigenvalue weighted by Gasteiger charge is 2.26. The average Bonchev–Trinajstić information content (AvgIpc) is 2.80. The molecule has 0 aromatic heterocycles. The molecule has 0 aliphatic carbocycles. The van der Waals surface area contributed by atoms with Crippen molar-refractivity contribution < 1.29 is 14.3 Å². The summed E-state index contributed by atoms with van der Waals surface area (Å²) in [4.78, 5) is 28.4. The Morgan fingerprint density at radius 3 is 2.58 bits per heavy atom. The topological polar surface area (TPSA) is 58.6 Å². The van der Waals surface area contributed by atoms with Crippen LogP contribution in [-0.2, 0) is 17.9 Å². The molecule has 1 N–H and O–H groups in total. The molecule has 3 aromatic carbocycles. The fourth-order valence-corrected chi connectivity index (χ4v) is 4.52. The summed E-state index contributed by atoms with van der Waals surface area (Å²) in [6.07, 6.45) is 0. The van der Waals surface area contributed by atoms with Crippen molar-refractivity contribution in [1.82, 2.24) is 5.32 Å². The summed E-state index contributed by atoms with van der Waals surface area (Å²) < 4.78 is 5.35. The number of ether oxygens (including phenoxy) is 1. The summed E-state index contributed by atoms with van der Waals surface area (Å²) in [5, 5.41) is 2.95. The molecular formula is C25H24N2O3S. The van der Waals surface area contributed by atoms with Crippen LogP contribution in [0.5, 0.6) is 5.75 Å². The Bertz CT molecular complexity index is 1130. The zero-order valence-electron chi connectivity index (χ0n) is 17.6. The fraction of sp³-hybridized carbons (Fsp3) is 0.200. The molecule has 2 amide bonds. The summed E-state index contributed by atoms with van der Waals surface area (Å²) in [5.41, 5.74) is 4.46. The number of amides is 2. The minimum absolute atomic E-state index is 0.0485. The van der Waals surface area contributed by atoms with E-state index >= 15 is 0 Å². The molecular weight excluding hydrogens is 408 g/mol. The van der Waals surface area contributed by atoms with Crippen molar-refractivity contribution in [3.05, 3.63) is 89.0 Å². The monoisotopic (exact) mass is 432 g/mol. The number of rotatable bonds is 6. The Labute approximate surface area is 186 Å². The summed E-state index contributed by atoms with van der Waals surface area (Å²) >= 11 is 1.51. The molecule has 1 aliphatic rings. The van der Waals surface area contributed by atoms with E-state index < -0.39 is 0 Å². The Kier molecular flexibility index (Phi) is 6.28. The molecule has 0 bridgehead atoms. The molecule has 0 unspecified atom stereocenters. The molecule has 0 radical (unpaired) electrons. The number of para-hydroxylation sites is 1. The Hall–Kier alpha value is -3.25. The van der Waals surface area contributed by atoms with Gasteiger partial charge < -0.3 is 15.0 Å². The third-order valence-corrected chi connectivity index (χ3v) is 6.43. The van der Waals surface area contributed by atoms with Gasteiger partial charge >= 0.3 is 0 Å². The Morgan fingerprint density at radius 1 is 1.06 bits per heavy atom. The van der Waals surface area contributed by atoms with Gasteiger partial charge in [0.15, 0.2) is 0 Å². The summed E-state index contributed by atoms with van der Waals surface area (Å²) in [6.45, 7) is 2.90. The van der Waals surface area contributed by atoms with Crippen molar-refractivity contribution in [2.24, 2.45) is 0 Å². The van der Waals surface area contributed by atoms with Crippen LogP contribution in [0.2, 0.25) is 0 Å². The van der Waals surface area contributed by atoms with Gasteiger partial charge in [0.2, 0.25) is 5.91 Å². The highest BCUT2D eigenvalue weighted by atomic mass is 32.2. The molecule has 0 fully saturated rings. The number of nitrogens with one attached hydrogen (secondary N) is 1. The van der Waals surface area contributed by atoms with Crippen LogP contribution in [0.15, 0.2) is 71.6 Å². The molecule has 0 atom stereocenters. The first-order valence-electron chi connectivity index (χ1n) is 10.1. The number of nitrogens with zero attached hydrogens (tertiary/aromatic N) is 1. The van der Waals surface area contributed by atoms with E-state index in [1.54, 1.807) is 12.0 Å². The van der Waals surface area contributed by atoms with Gasteiger partial charge in [0.25, 0.3) is 5.91 Å². The number of anilines is 1. The van der Waals surface area contributed by atoms with Crippen LogP contribution in [0, 0.1) is 6.92 Å². The van der Waals surface area contributed by atoms with Crippen LogP contribution < -0.4 is 15.0 Å². The maximum atomic E-state index is 12.8. The van der Waals surface area contributed by atoms with Gasteiger partial charge in [-0.15, -0.1) is 11.8 Å². The van der Waals surface area contributed by atoms with Gasteiger partial charge in [-0.05, 0) is 42.3 Å². The van der Waals surface area contributed by atoms with Crippen molar-refractivity contribution >= 4 is 29.3 Å². The van der Waals surface area contributed by atoms with Crippen LogP contribution in [0.3, 0.4) is 0 Å². The van der Waals surface area contributed by atoms with Gasteiger partial charge in [-0.2, -0.15) is 0 Å². The summed E-state index contributed by atoms with van der Waals surface area (Å²) in [6, 6.07) is 21.2. The van der Waals surface area contributed by atoms with Gasteiger partial charge in [0, 0.05) is 22.6 Å². The number of fused-ring (bicyclic) bond motifs is 1. The molecule has 5 nitrogen and oxygen atoms in total. The number of benzene rings is 3. The van der Waals surface area contributed by atoms with Crippen LogP contribution >= 0.6 is 11.8 Å². The number of hydrogen-bond acceptors (Lipinski definition) is 4.